The molecular weight excluding hydrogens is 352 g/mol. The summed E-state index contributed by atoms with van der Waals surface area (Å²) in [6, 6.07) is 0. The van der Waals surface area contributed by atoms with Gasteiger partial charge < -0.3 is 40.9 Å². The molecule has 0 rings (SSSR count). The molecule has 0 saturated heterocycles. The Kier molecular flexibility index (Phi) is 17.7. The molecule has 0 aromatic carbocycles. The van der Waals surface area contributed by atoms with Crippen LogP contribution in [0.1, 0.15) is 51.4 Å². The fraction of sp³-hybridized carbons (Fsp3) is 0.875. The van der Waals surface area contributed by atoms with Crippen LogP contribution < -0.4 is 0 Å². The van der Waals surface area contributed by atoms with E-state index in [0.717, 1.165) is 38.5 Å². The van der Waals surface area contributed by atoms with Crippen LogP contribution >= 0.6 is 0 Å². The molecule has 0 aromatic heterocycles. The largest absolute Gasteiger partial charge is 0.481 e. The number of carboxylic acids is 2. The van der Waals surface area contributed by atoms with E-state index in [2.05, 4.69) is 0 Å². The Labute approximate surface area is 152 Å². The minimum atomic E-state index is -1.67. The molecule has 0 amide bonds. The lowest BCUT2D eigenvalue weighted by Gasteiger charge is -2.24. The molecule has 0 aliphatic rings. The highest BCUT2D eigenvalue weighted by atomic mass is 16.4. The molecule has 0 bridgehead atoms. The Morgan fingerprint density at radius 1 is 0.577 bits per heavy atom. The maximum Gasteiger partial charge on any atom is 0.303 e. The van der Waals surface area contributed by atoms with Crippen molar-refractivity contribution in [1.29, 1.82) is 0 Å². The van der Waals surface area contributed by atoms with Crippen LogP contribution in [0.2, 0.25) is 0 Å². The van der Waals surface area contributed by atoms with Gasteiger partial charge in [-0.15, -0.1) is 0 Å². The molecule has 0 fully saturated rings. The van der Waals surface area contributed by atoms with Crippen molar-refractivity contribution in [3.8, 4) is 0 Å². The zero-order valence-electron chi connectivity index (χ0n) is 14.8. The molecule has 0 heterocycles. The first kappa shape index (κ1) is 26.9. The van der Waals surface area contributed by atoms with E-state index in [4.69, 9.17) is 40.9 Å². The zero-order valence-corrected chi connectivity index (χ0v) is 14.8. The van der Waals surface area contributed by atoms with E-state index in [0.29, 0.717) is 0 Å². The first-order chi connectivity index (χ1) is 12.2. The molecule has 156 valence electrons. The van der Waals surface area contributed by atoms with Gasteiger partial charge in [-0.05, 0) is 12.8 Å². The standard InChI is InChI=1S/C10H18O4.C6H14O6/c11-9(12)7-5-3-1-2-4-6-8-10(13)14;7-1-3(9)5(11)6(12)4(10)2-8/h1-8H2,(H,11,12)(H,13,14);3-12H,1-2H2. The van der Waals surface area contributed by atoms with Crippen LogP contribution in [0.25, 0.3) is 0 Å². The topological polar surface area (TPSA) is 196 Å². The number of hydrogen-bond acceptors (Lipinski definition) is 8. The van der Waals surface area contributed by atoms with E-state index < -0.39 is 49.6 Å². The van der Waals surface area contributed by atoms with Gasteiger partial charge in [-0.1, -0.05) is 25.7 Å². The third-order valence-corrected chi connectivity index (χ3v) is 3.54. The van der Waals surface area contributed by atoms with Crippen LogP contribution in [0.15, 0.2) is 0 Å². The second-order valence-corrected chi connectivity index (χ2v) is 5.89. The van der Waals surface area contributed by atoms with Crippen LogP contribution in [0.4, 0.5) is 0 Å². The van der Waals surface area contributed by atoms with E-state index in [1.54, 1.807) is 0 Å². The predicted molar refractivity (Wildman–Crippen MR) is 90.4 cm³/mol. The van der Waals surface area contributed by atoms with Gasteiger partial charge in [0.1, 0.15) is 24.4 Å². The van der Waals surface area contributed by atoms with Crippen molar-refractivity contribution < 1.29 is 50.4 Å². The zero-order chi connectivity index (χ0) is 20.5. The number of hydrogen-bond donors (Lipinski definition) is 8. The first-order valence-corrected chi connectivity index (χ1v) is 8.54. The molecule has 10 heteroatoms. The summed E-state index contributed by atoms with van der Waals surface area (Å²) >= 11 is 0. The molecule has 10 nitrogen and oxygen atoms in total. The third kappa shape index (κ3) is 16.2. The second kappa shape index (κ2) is 17.1. The van der Waals surface area contributed by atoms with E-state index in [9.17, 15) is 9.59 Å². The van der Waals surface area contributed by atoms with Crippen molar-refractivity contribution in [2.75, 3.05) is 13.2 Å². The molecule has 0 aliphatic heterocycles. The van der Waals surface area contributed by atoms with Gasteiger partial charge in [-0.2, -0.15) is 0 Å². The van der Waals surface area contributed by atoms with Crippen LogP contribution in [0, 0.1) is 0 Å². The lowest BCUT2D eigenvalue weighted by Crippen LogP contribution is -2.46. The van der Waals surface area contributed by atoms with Gasteiger partial charge in [0.15, 0.2) is 0 Å². The fourth-order valence-electron chi connectivity index (χ4n) is 1.93. The normalized spacial score (nSPS) is 15.3. The number of carboxylic acid groups (broad SMARTS) is 2. The summed E-state index contributed by atoms with van der Waals surface area (Å²) in [5.41, 5.74) is 0. The maximum atomic E-state index is 10.1. The van der Waals surface area contributed by atoms with Crippen molar-refractivity contribution in [3.63, 3.8) is 0 Å². The number of unbranched alkanes of at least 4 members (excludes halogenated alkanes) is 5. The average Bonchev–Trinajstić information content (AvgIpc) is 2.61. The monoisotopic (exact) mass is 384 g/mol. The van der Waals surface area contributed by atoms with Crippen molar-refractivity contribution in [3.05, 3.63) is 0 Å². The molecular formula is C16H32O10. The Balaban J connectivity index is 0. The van der Waals surface area contributed by atoms with E-state index in [1.165, 1.54) is 0 Å². The number of aliphatic hydroxyl groups is 6. The van der Waals surface area contributed by atoms with Gasteiger partial charge in [-0.25, -0.2) is 0 Å². The highest BCUT2D eigenvalue weighted by Gasteiger charge is 2.29. The van der Waals surface area contributed by atoms with Gasteiger partial charge in [0, 0.05) is 12.8 Å². The van der Waals surface area contributed by atoms with Crippen molar-refractivity contribution in [2.24, 2.45) is 0 Å². The minimum absolute atomic E-state index is 0.245. The summed E-state index contributed by atoms with van der Waals surface area (Å²) in [5, 5.41) is 68.9. The van der Waals surface area contributed by atoms with Crippen LogP contribution in [0.5, 0.6) is 0 Å². The number of rotatable bonds is 14. The van der Waals surface area contributed by atoms with Gasteiger partial charge in [0.25, 0.3) is 0 Å². The minimum Gasteiger partial charge on any atom is -0.481 e. The van der Waals surface area contributed by atoms with Gasteiger partial charge in [0.2, 0.25) is 0 Å². The molecule has 0 aromatic rings. The van der Waals surface area contributed by atoms with Crippen molar-refractivity contribution in [2.45, 2.75) is 75.8 Å². The van der Waals surface area contributed by atoms with Gasteiger partial charge in [0.05, 0.1) is 13.2 Å². The molecule has 0 saturated carbocycles. The Hall–Kier alpha value is -1.30. The fourth-order valence-corrected chi connectivity index (χ4v) is 1.93. The summed E-state index contributed by atoms with van der Waals surface area (Å²) in [7, 11) is 0. The maximum absolute atomic E-state index is 10.1. The van der Waals surface area contributed by atoms with Gasteiger partial charge in [-0.3, -0.25) is 9.59 Å². The molecule has 8 N–H and O–H groups in total. The summed E-state index contributed by atoms with van der Waals surface area (Å²) < 4.78 is 0. The average molecular weight is 384 g/mol. The first-order valence-electron chi connectivity index (χ1n) is 8.54. The molecule has 4 unspecified atom stereocenters. The van der Waals surface area contributed by atoms with Gasteiger partial charge >= 0.3 is 11.9 Å². The van der Waals surface area contributed by atoms with Crippen LogP contribution in [-0.4, -0.2) is 90.4 Å². The van der Waals surface area contributed by atoms with Crippen molar-refractivity contribution >= 4 is 11.9 Å². The lowest BCUT2D eigenvalue weighted by atomic mass is 10.0. The highest BCUT2D eigenvalue weighted by molar-refractivity contribution is 5.66. The molecule has 26 heavy (non-hydrogen) atoms. The molecule has 4 atom stereocenters. The number of aliphatic carboxylic acids is 2. The molecule has 0 spiro atoms. The Morgan fingerprint density at radius 3 is 1.08 bits per heavy atom. The lowest BCUT2D eigenvalue weighted by molar-refractivity contribution is -0.138. The Morgan fingerprint density at radius 2 is 0.846 bits per heavy atom. The predicted octanol–water partition coefficient (Wildman–Crippen LogP) is -1.31. The van der Waals surface area contributed by atoms with E-state index in [1.807, 2.05) is 0 Å². The number of aliphatic hydroxyl groups excluding tert-OH is 6. The summed E-state index contributed by atoms with van der Waals surface area (Å²) in [6.45, 7) is -1.45. The molecule has 0 radical (unpaired) electrons. The van der Waals surface area contributed by atoms with E-state index in [-0.39, 0.29) is 12.8 Å². The third-order valence-electron chi connectivity index (χ3n) is 3.54. The Bertz CT molecular complexity index is 329. The van der Waals surface area contributed by atoms with Crippen molar-refractivity contribution in [1.82, 2.24) is 0 Å². The van der Waals surface area contributed by atoms with Crippen LogP contribution in [-0.2, 0) is 9.59 Å². The smallest absolute Gasteiger partial charge is 0.303 e. The quantitative estimate of drug-likeness (QED) is 0.166. The molecule has 0 aliphatic carbocycles. The van der Waals surface area contributed by atoms with E-state index >= 15 is 0 Å². The summed E-state index contributed by atoms with van der Waals surface area (Å²) in [4.78, 5) is 20.3. The second-order valence-electron chi connectivity index (χ2n) is 5.89. The summed E-state index contributed by atoms with van der Waals surface area (Å²) in [5.74, 6) is -1.48. The van der Waals surface area contributed by atoms with Crippen LogP contribution in [0.3, 0.4) is 0 Å². The SMILES string of the molecule is O=C(O)CCCCCCCCC(=O)O.OCC(O)C(O)C(O)C(O)CO. The highest BCUT2D eigenvalue weighted by Crippen LogP contribution is 2.08. The number of carbonyl (C=O) groups is 2. The summed E-state index contributed by atoms with van der Waals surface area (Å²) in [6.07, 6.45) is -0.567.